The van der Waals surface area contributed by atoms with Gasteiger partial charge >= 0.3 is 0 Å². The molecule has 1 aromatic carbocycles. The Balaban J connectivity index is 2.00. The van der Waals surface area contributed by atoms with Crippen molar-refractivity contribution in [3.8, 4) is 5.75 Å². The standard InChI is InChI=1S/C19H31NO/c1-7-11-20-16-13-17(19(16,5)6)21-15-10-8-9-14(12-15)18(2,3)4/h8-10,12,16-17,20H,7,11,13H2,1-6H3. The molecule has 0 aromatic heterocycles. The monoisotopic (exact) mass is 289 g/mol. The second-order valence-corrected chi connectivity index (χ2v) is 7.95. The molecule has 2 atom stereocenters. The van der Waals surface area contributed by atoms with E-state index in [9.17, 15) is 0 Å². The molecule has 2 nitrogen and oxygen atoms in total. The average Bonchev–Trinajstić information content (AvgIpc) is 2.41. The third-order valence-corrected chi connectivity index (χ3v) is 4.80. The molecule has 0 amide bonds. The SMILES string of the molecule is CCCNC1CC(Oc2cccc(C(C)(C)C)c2)C1(C)C. The first-order valence-electron chi connectivity index (χ1n) is 8.25. The van der Waals surface area contributed by atoms with Crippen LogP contribution in [-0.2, 0) is 5.41 Å². The summed E-state index contributed by atoms with van der Waals surface area (Å²) in [6, 6.07) is 9.15. The van der Waals surface area contributed by atoms with Gasteiger partial charge in [-0.05, 0) is 36.1 Å². The quantitative estimate of drug-likeness (QED) is 0.860. The highest BCUT2D eigenvalue weighted by Crippen LogP contribution is 2.43. The van der Waals surface area contributed by atoms with Crippen molar-refractivity contribution < 1.29 is 4.74 Å². The molecule has 0 bridgehead atoms. The average molecular weight is 289 g/mol. The van der Waals surface area contributed by atoms with Gasteiger partial charge in [-0.3, -0.25) is 0 Å². The fourth-order valence-electron chi connectivity index (χ4n) is 2.95. The summed E-state index contributed by atoms with van der Waals surface area (Å²) >= 11 is 0. The molecule has 1 fully saturated rings. The minimum Gasteiger partial charge on any atom is -0.490 e. The van der Waals surface area contributed by atoms with Gasteiger partial charge in [-0.2, -0.15) is 0 Å². The van der Waals surface area contributed by atoms with E-state index >= 15 is 0 Å². The fourth-order valence-corrected chi connectivity index (χ4v) is 2.95. The number of rotatable bonds is 5. The van der Waals surface area contributed by atoms with Crippen LogP contribution in [0.1, 0.15) is 59.9 Å². The van der Waals surface area contributed by atoms with Gasteiger partial charge in [0.25, 0.3) is 0 Å². The van der Waals surface area contributed by atoms with Crippen molar-refractivity contribution >= 4 is 0 Å². The van der Waals surface area contributed by atoms with E-state index in [1.807, 2.05) is 0 Å². The van der Waals surface area contributed by atoms with E-state index in [1.54, 1.807) is 0 Å². The molecule has 2 unspecified atom stereocenters. The van der Waals surface area contributed by atoms with Crippen molar-refractivity contribution in [1.29, 1.82) is 0 Å². The zero-order chi connectivity index (χ0) is 15.7. The summed E-state index contributed by atoms with van der Waals surface area (Å²) in [6.45, 7) is 14.6. The summed E-state index contributed by atoms with van der Waals surface area (Å²) in [5, 5.41) is 3.63. The molecule has 0 radical (unpaired) electrons. The number of ether oxygens (including phenoxy) is 1. The molecule has 0 aliphatic heterocycles. The molecule has 118 valence electrons. The van der Waals surface area contributed by atoms with Crippen LogP contribution in [0.4, 0.5) is 0 Å². The van der Waals surface area contributed by atoms with Crippen LogP contribution in [0.5, 0.6) is 5.75 Å². The summed E-state index contributed by atoms with van der Waals surface area (Å²) in [7, 11) is 0. The molecular formula is C19H31NO. The first-order chi connectivity index (χ1) is 9.75. The zero-order valence-electron chi connectivity index (χ0n) is 14.5. The Kier molecular flexibility index (Phi) is 4.67. The van der Waals surface area contributed by atoms with Gasteiger partial charge in [-0.25, -0.2) is 0 Å². The molecule has 1 aromatic rings. The zero-order valence-corrected chi connectivity index (χ0v) is 14.5. The Hall–Kier alpha value is -1.02. The highest BCUT2D eigenvalue weighted by molar-refractivity contribution is 5.33. The van der Waals surface area contributed by atoms with Crippen molar-refractivity contribution in [2.75, 3.05) is 6.54 Å². The Morgan fingerprint density at radius 2 is 2.00 bits per heavy atom. The van der Waals surface area contributed by atoms with Gasteiger partial charge in [0.15, 0.2) is 0 Å². The number of hydrogen-bond donors (Lipinski definition) is 1. The van der Waals surface area contributed by atoms with Gasteiger partial charge in [0.1, 0.15) is 11.9 Å². The van der Waals surface area contributed by atoms with Crippen LogP contribution in [0.2, 0.25) is 0 Å². The van der Waals surface area contributed by atoms with Gasteiger partial charge in [0, 0.05) is 17.9 Å². The lowest BCUT2D eigenvalue weighted by Crippen LogP contribution is -2.62. The molecule has 1 aliphatic rings. The Morgan fingerprint density at radius 3 is 2.57 bits per heavy atom. The van der Waals surface area contributed by atoms with E-state index in [4.69, 9.17) is 4.74 Å². The number of nitrogens with one attached hydrogen (secondary N) is 1. The maximum atomic E-state index is 6.27. The predicted octanol–water partition coefficient (Wildman–Crippen LogP) is 4.53. The smallest absolute Gasteiger partial charge is 0.120 e. The molecule has 2 rings (SSSR count). The predicted molar refractivity (Wildman–Crippen MR) is 90.0 cm³/mol. The second-order valence-electron chi connectivity index (χ2n) is 7.95. The Morgan fingerprint density at radius 1 is 1.29 bits per heavy atom. The van der Waals surface area contributed by atoms with Gasteiger partial charge in [-0.15, -0.1) is 0 Å². The summed E-state index contributed by atoms with van der Waals surface area (Å²) < 4.78 is 6.27. The van der Waals surface area contributed by atoms with Crippen molar-refractivity contribution in [3.05, 3.63) is 29.8 Å². The molecule has 1 saturated carbocycles. The van der Waals surface area contributed by atoms with Crippen molar-refractivity contribution in [1.82, 2.24) is 5.32 Å². The normalized spacial score (nSPS) is 24.5. The van der Waals surface area contributed by atoms with Crippen LogP contribution < -0.4 is 10.1 Å². The third kappa shape index (κ3) is 3.60. The fraction of sp³-hybridized carbons (Fsp3) is 0.684. The molecule has 1 N–H and O–H groups in total. The van der Waals surface area contributed by atoms with Crippen LogP contribution in [0.3, 0.4) is 0 Å². The summed E-state index contributed by atoms with van der Waals surface area (Å²) in [5.41, 5.74) is 1.70. The van der Waals surface area contributed by atoms with Crippen LogP contribution in [0.15, 0.2) is 24.3 Å². The number of benzene rings is 1. The van der Waals surface area contributed by atoms with Gasteiger partial charge < -0.3 is 10.1 Å². The molecule has 0 heterocycles. The van der Waals surface area contributed by atoms with Crippen molar-refractivity contribution in [3.63, 3.8) is 0 Å². The highest BCUT2D eigenvalue weighted by Gasteiger charge is 2.49. The molecule has 0 spiro atoms. The van der Waals surface area contributed by atoms with E-state index < -0.39 is 0 Å². The lowest BCUT2D eigenvalue weighted by atomic mass is 9.64. The van der Waals surface area contributed by atoms with Gasteiger partial charge in [-0.1, -0.05) is 53.7 Å². The van der Waals surface area contributed by atoms with Crippen LogP contribution in [0, 0.1) is 5.41 Å². The molecular weight excluding hydrogens is 258 g/mol. The minimum atomic E-state index is 0.166. The Labute approximate surface area is 130 Å². The topological polar surface area (TPSA) is 21.3 Å². The van der Waals surface area contributed by atoms with Crippen LogP contribution in [0.25, 0.3) is 0 Å². The molecule has 21 heavy (non-hydrogen) atoms. The second kappa shape index (κ2) is 6.00. The lowest BCUT2D eigenvalue weighted by Gasteiger charge is -2.51. The van der Waals surface area contributed by atoms with E-state index in [2.05, 4.69) is 71.1 Å². The number of hydrogen-bond acceptors (Lipinski definition) is 2. The first-order valence-corrected chi connectivity index (χ1v) is 8.25. The van der Waals surface area contributed by atoms with E-state index in [1.165, 1.54) is 12.0 Å². The van der Waals surface area contributed by atoms with Crippen molar-refractivity contribution in [2.24, 2.45) is 5.41 Å². The molecule has 2 heteroatoms. The van der Waals surface area contributed by atoms with Crippen LogP contribution >= 0.6 is 0 Å². The molecule has 1 aliphatic carbocycles. The van der Waals surface area contributed by atoms with Crippen molar-refractivity contribution in [2.45, 2.75) is 71.9 Å². The highest BCUT2D eigenvalue weighted by atomic mass is 16.5. The first kappa shape index (κ1) is 16.4. The Bertz CT molecular complexity index is 473. The third-order valence-electron chi connectivity index (χ3n) is 4.80. The maximum Gasteiger partial charge on any atom is 0.120 e. The van der Waals surface area contributed by atoms with Gasteiger partial charge in [0.05, 0.1) is 0 Å². The van der Waals surface area contributed by atoms with Crippen LogP contribution in [-0.4, -0.2) is 18.7 Å². The van der Waals surface area contributed by atoms with E-state index in [-0.39, 0.29) is 10.8 Å². The summed E-state index contributed by atoms with van der Waals surface area (Å²) in [5.74, 6) is 1.01. The van der Waals surface area contributed by atoms with Gasteiger partial charge in [0.2, 0.25) is 0 Å². The maximum absolute atomic E-state index is 6.27. The van der Waals surface area contributed by atoms with E-state index in [0.717, 1.165) is 18.7 Å². The summed E-state index contributed by atoms with van der Waals surface area (Å²) in [4.78, 5) is 0. The van der Waals surface area contributed by atoms with E-state index in [0.29, 0.717) is 12.1 Å². The largest absolute Gasteiger partial charge is 0.490 e. The minimum absolute atomic E-state index is 0.166. The molecule has 0 saturated heterocycles. The lowest BCUT2D eigenvalue weighted by molar-refractivity contribution is -0.0546. The summed E-state index contributed by atoms with van der Waals surface area (Å²) in [6.07, 6.45) is 2.60.